The standard InChI is InChI=1S/C22H18N2O2/c25-22(23-13-12-16-14-24-26-15-16)21-10-4-3-9-20(21)19-11-5-7-17-6-1-2-8-18(17)19/h1-11,14-15H,12-13H2,(H,23,25). The number of amides is 1. The Morgan fingerprint density at radius 1 is 0.923 bits per heavy atom. The predicted octanol–water partition coefficient (Wildman–Crippen LogP) is 4.47. The molecule has 0 bridgehead atoms. The fourth-order valence-corrected chi connectivity index (χ4v) is 3.14. The van der Waals surface area contributed by atoms with Gasteiger partial charge in [-0.3, -0.25) is 4.79 Å². The normalized spacial score (nSPS) is 10.8. The van der Waals surface area contributed by atoms with Crippen molar-refractivity contribution in [1.29, 1.82) is 0 Å². The Balaban J connectivity index is 1.63. The number of hydrogen-bond acceptors (Lipinski definition) is 3. The van der Waals surface area contributed by atoms with Crippen molar-refractivity contribution < 1.29 is 9.32 Å². The maximum absolute atomic E-state index is 12.8. The van der Waals surface area contributed by atoms with E-state index in [1.165, 1.54) is 0 Å². The summed E-state index contributed by atoms with van der Waals surface area (Å²) in [6.45, 7) is 0.532. The lowest BCUT2D eigenvalue weighted by molar-refractivity contribution is 0.0955. The van der Waals surface area contributed by atoms with Crippen LogP contribution in [0.4, 0.5) is 0 Å². The number of aromatic nitrogens is 1. The summed E-state index contributed by atoms with van der Waals surface area (Å²) in [5.41, 5.74) is 3.64. The number of rotatable bonds is 5. The summed E-state index contributed by atoms with van der Waals surface area (Å²) in [7, 11) is 0. The lowest BCUT2D eigenvalue weighted by Crippen LogP contribution is -2.26. The van der Waals surface area contributed by atoms with E-state index < -0.39 is 0 Å². The Morgan fingerprint density at radius 3 is 2.58 bits per heavy atom. The summed E-state index contributed by atoms with van der Waals surface area (Å²) in [5.74, 6) is -0.0787. The molecule has 26 heavy (non-hydrogen) atoms. The molecule has 0 spiro atoms. The van der Waals surface area contributed by atoms with E-state index in [0.29, 0.717) is 18.5 Å². The van der Waals surface area contributed by atoms with Gasteiger partial charge in [-0.15, -0.1) is 0 Å². The average Bonchev–Trinajstić information content (AvgIpc) is 3.21. The fraction of sp³-hybridized carbons (Fsp3) is 0.0909. The maximum Gasteiger partial charge on any atom is 0.251 e. The highest BCUT2D eigenvalue weighted by molar-refractivity contribution is 6.05. The van der Waals surface area contributed by atoms with Crippen molar-refractivity contribution in [2.75, 3.05) is 6.54 Å². The third kappa shape index (κ3) is 3.22. The highest BCUT2D eigenvalue weighted by Gasteiger charge is 2.13. The number of carbonyl (C=O) groups is 1. The molecular weight excluding hydrogens is 324 g/mol. The molecule has 4 aromatic rings. The zero-order chi connectivity index (χ0) is 17.8. The molecule has 0 unspecified atom stereocenters. The summed E-state index contributed by atoms with van der Waals surface area (Å²) < 4.78 is 4.81. The van der Waals surface area contributed by atoms with Crippen LogP contribution in [0.2, 0.25) is 0 Å². The Hall–Kier alpha value is -3.40. The van der Waals surface area contributed by atoms with Crippen LogP contribution in [-0.4, -0.2) is 17.6 Å². The van der Waals surface area contributed by atoms with Gasteiger partial charge in [-0.2, -0.15) is 0 Å². The summed E-state index contributed by atoms with van der Waals surface area (Å²) in [6.07, 6.45) is 3.94. The van der Waals surface area contributed by atoms with E-state index in [-0.39, 0.29) is 5.91 Å². The maximum atomic E-state index is 12.8. The highest BCUT2D eigenvalue weighted by Crippen LogP contribution is 2.30. The van der Waals surface area contributed by atoms with E-state index in [2.05, 4.69) is 34.7 Å². The van der Waals surface area contributed by atoms with E-state index in [1.807, 2.05) is 42.5 Å². The van der Waals surface area contributed by atoms with E-state index in [0.717, 1.165) is 27.5 Å². The van der Waals surface area contributed by atoms with Gasteiger partial charge in [0.1, 0.15) is 6.26 Å². The number of nitrogens with one attached hydrogen (secondary N) is 1. The van der Waals surface area contributed by atoms with Gasteiger partial charge in [-0.1, -0.05) is 65.8 Å². The third-order valence-electron chi connectivity index (χ3n) is 4.43. The molecule has 4 heteroatoms. The fourth-order valence-electron chi connectivity index (χ4n) is 3.14. The molecule has 0 aliphatic carbocycles. The Labute approximate surface area is 151 Å². The van der Waals surface area contributed by atoms with Crippen LogP contribution >= 0.6 is 0 Å². The molecule has 0 saturated heterocycles. The van der Waals surface area contributed by atoms with Crippen molar-refractivity contribution in [1.82, 2.24) is 10.5 Å². The van der Waals surface area contributed by atoms with Crippen molar-refractivity contribution in [2.24, 2.45) is 0 Å². The van der Waals surface area contributed by atoms with Crippen LogP contribution in [0.3, 0.4) is 0 Å². The Morgan fingerprint density at radius 2 is 1.69 bits per heavy atom. The SMILES string of the molecule is O=C(NCCc1cnoc1)c1ccccc1-c1cccc2ccccc12. The van der Waals surface area contributed by atoms with Crippen LogP contribution in [0.5, 0.6) is 0 Å². The van der Waals surface area contributed by atoms with Crippen LogP contribution in [0.1, 0.15) is 15.9 Å². The predicted molar refractivity (Wildman–Crippen MR) is 102 cm³/mol. The molecule has 128 valence electrons. The smallest absolute Gasteiger partial charge is 0.251 e. The van der Waals surface area contributed by atoms with Gasteiger partial charge in [0.25, 0.3) is 5.91 Å². The molecule has 0 fully saturated rings. The molecule has 0 aliphatic rings. The lowest BCUT2D eigenvalue weighted by atomic mass is 9.94. The van der Waals surface area contributed by atoms with Gasteiger partial charge < -0.3 is 9.84 Å². The molecule has 4 rings (SSSR count). The molecule has 1 heterocycles. The zero-order valence-corrected chi connectivity index (χ0v) is 14.2. The third-order valence-corrected chi connectivity index (χ3v) is 4.43. The molecule has 0 saturated carbocycles. The van der Waals surface area contributed by atoms with Gasteiger partial charge in [0, 0.05) is 17.7 Å². The monoisotopic (exact) mass is 342 g/mol. The number of fused-ring (bicyclic) bond motifs is 1. The number of carbonyl (C=O) groups excluding carboxylic acids is 1. The topological polar surface area (TPSA) is 55.1 Å². The summed E-state index contributed by atoms with van der Waals surface area (Å²) in [5, 5.41) is 8.96. The Kier molecular flexibility index (Phi) is 4.48. The quantitative estimate of drug-likeness (QED) is 0.582. The largest absolute Gasteiger partial charge is 0.364 e. The van der Waals surface area contributed by atoms with Gasteiger partial charge in [0.05, 0.1) is 6.20 Å². The van der Waals surface area contributed by atoms with Crippen LogP contribution in [-0.2, 0) is 6.42 Å². The van der Waals surface area contributed by atoms with Crippen LogP contribution < -0.4 is 5.32 Å². The minimum atomic E-state index is -0.0787. The summed E-state index contributed by atoms with van der Waals surface area (Å²) in [4.78, 5) is 12.8. The van der Waals surface area contributed by atoms with Gasteiger partial charge in [0.15, 0.2) is 0 Å². The molecule has 1 aromatic heterocycles. The minimum absolute atomic E-state index is 0.0787. The van der Waals surface area contributed by atoms with Crippen molar-refractivity contribution in [2.45, 2.75) is 6.42 Å². The van der Waals surface area contributed by atoms with E-state index in [9.17, 15) is 4.79 Å². The van der Waals surface area contributed by atoms with E-state index >= 15 is 0 Å². The van der Waals surface area contributed by atoms with Gasteiger partial charge in [0.2, 0.25) is 0 Å². The minimum Gasteiger partial charge on any atom is -0.364 e. The van der Waals surface area contributed by atoms with Crippen LogP contribution in [0, 0.1) is 0 Å². The van der Waals surface area contributed by atoms with Crippen molar-refractivity contribution in [3.05, 3.63) is 90.3 Å². The molecule has 1 amide bonds. The number of benzene rings is 3. The van der Waals surface area contributed by atoms with Gasteiger partial charge in [-0.05, 0) is 34.4 Å². The molecule has 0 radical (unpaired) electrons. The average molecular weight is 342 g/mol. The van der Waals surface area contributed by atoms with Crippen molar-refractivity contribution in [3.63, 3.8) is 0 Å². The first-order valence-corrected chi connectivity index (χ1v) is 8.56. The lowest BCUT2D eigenvalue weighted by Gasteiger charge is -2.12. The van der Waals surface area contributed by atoms with Crippen molar-refractivity contribution >= 4 is 16.7 Å². The second-order valence-electron chi connectivity index (χ2n) is 6.11. The molecule has 0 aliphatic heterocycles. The summed E-state index contributed by atoms with van der Waals surface area (Å²) in [6, 6.07) is 22.1. The van der Waals surface area contributed by atoms with Crippen LogP contribution in [0.25, 0.3) is 21.9 Å². The van der Waals surface area contributed by atoms with Gasteiger partial charge >= 0.3 is 0 Å². The molecule has 0 atom stereocenters. The number of hydrogen-bond donors (Lipinski definition) is 1. The molecular formula is C22H18N2O2. The van der Waals surface area contributed by atoms with Crippen LogP contribution in [0.15, 0.2) is 83.7 Å². The first-order chi connectivity index (χ1) is 12.8. The van der Waals surface area contributed by atoms with Gasteiger partial charge in [-0.25, -0.2) is 0 Å². The first-order valence-electron chi connectivity index (χ1n) is 8.56. The number of nitrogens with zero attached hydrogens (tertiary/aromatic N) is 1. The molecule has 4 nitrogen and oxygen atoms in total. The van der Waals surface area contributed by atoms with E-state index in [4.69, 9.17) is 4.52 Å². The second-order valence-corrected chi connectivity index (χ2v) is 6.11. The summed E-state index contributed by atoms with van der Waals surface area (Å²) >= 11 is 0. The molecule has 3 aromatic carbocycles. The van der Waals surface area contributed by atoms with E-state index in [1.54, 1.807) is 12.5 Å². The van der Waals surface area contributed by atoms with Crippen molar-refractivity contribution in [3.8, 4) is 11.1 Å². The molecule has 1 N–H and O–H groups in total. The highest BCUT2D eigenvalue weighted by atomic mass is 16.5. The second kappa shape index (κ2) is 7.23. The Bertz CT molecular complexity index is 1030. The zero-order valence-electron chi connectivity index (χ0n) is 14.2. The first kappa shape index (κ1) is 16.1.